The summed E-state index contributed by atoms with van der Waals surface area (Å²) in [7, 11) is 0. The van der Waals surface area contributed by atoms with Crippen LogP contribution >= 0.6 is 12.6 Å². The third-order valence-corrected chi connectivity index (χ3v) is 5.72. The highest BCUT2D eigenvalue weighted by molar-refractivity contribution is 7.80. The van der Waals surface area contributed by atoms with Gasteiger partial charge < -0.3 is 14.4 Å². The van der Waals surface area contributed by atoms with Crippen LogP contribution < -0.4 is 10.2 Å². The molecule has 0 aromatic heterocycles. The third-order valence-electron chi connectivity index (χ3n) is 5.12. The van der Waals surface area contributed by atoms with E-state index in [0.29, 0.717) is 69.2 Å². The molecule has 1 aromatic rings. The lowest BCUT2D eigenvalue weighted by Gasteiger charge is -2.39. The average Bonchev–Trinajstić information content (AvgIpc) is 2.67. The van der Waals surface area contributed by atoms with Crippen LogP contribution in [0.25, 0.3) is 0 Å². The molecule has 2 amide bonds. The van der Waals surface area contributed by atoms with Gasteiger partial charge in [-0.15, -0.1) is 0 Å². The first kappa shape index (κ1) is 19.0. The molecule has 3 rings (SSSR count). The van der Waals surface area contributed by atoms with Crippen molar-refractivity contribution in [1.29, 1.82) is 0 Å². The first-order chi connectivity index (χ1) is 12.6. The minimum absolute atomic E-state index is 0.112. The Morgan fingerprint density at radius 3 is 2.73 bits per heavy atom. The van der Waals surface area contributed by atoms with Gasteiger partial charge in [0.2, 0.25) is 5.91 Å². The molecule has 0 atom stereocenters. The van der Waals surface area contributed by atoms with Gasteiger partial charge >= 0.3 is 0 Å². The van der Waals surface area contributed by atoms with Crippen LogP contribution in [0.1, 0.15) is 35.2 Å². The first-order valence-electron chi connectivity index (χ1n) is 8.78. The minimum atomic E-state index is -0.595. The van der Waals surface area contributed by atoms with E-state index >= 15 is 0 Å². The number of ether oxygens (including phenoxy) is 2. The standard InChI is InChI=1S/C18H24N2O5S/c21-16(19-23)13-2-3-14-11-20(6-1-7-25-15(14)10-13)17(22)18(12-26)4-8-24-9-5-18/h2-3,10,23,26H,1,4-9,11-12H2,(H,19,21). The number of fused-ring (bicyclic) bond motifs is 1. The Kier molecular flexibility index (Phi) is 6.05. The summed E-state index contributed by atoms with van der Waals surface area (Å²) >= 11 is 4.46. The third kappa shape index (κ3) is 3.82. The smallest absolute Gasteiger partial charge is 0.274 e. The lowest BCUT2D eigenvalue weighted by atomic mass is 9.80. The number of benzene rings is 1. The summed E-state index contributed by atoms with van der Waals surface area (Å²) in [6.07, 6.45) is 2.08. The Morgan fingerprint density at radius 1 is 1.27 bits per heavy atom. The van der Waals surface area contributed by atoms with E-state index in [0.717, 1.165) is 5.56 Å². The molecule has 142 valence electrons. The van der Waals surface area contributed by atoms with Crippen LogP contribution in [0.5, 0.6) is 5.75 Å². The lowest BCUT2D eigenvalue weighted by Crippen LogP contribution is -2.48. The number of thiol groups is 1. The molecular formula is C18H24N2O5S. The van der Waals surface area contributed by atoms with Crippen LogP contribution in [0.15, 0.2) is 18.2 Å². The van der Waals surface area contributed by atoms with E-state index < -0.39 is 11.3 Å². The maximum Gasteiger partial charge on any atom is 0.274 e. The average molecular weight is 380 g/mol. The Hall–Kier alpha value is -1.77. The maximum absolute atomic E-state index is 13.3. The van der Waals surface area contributed by atoms with Crippen molar-refractivity contribution in [2.45, 2.75) is 25.8 Å². The van der Waals surface area contributed by atoms with E-state index in [4.69, 9.17) is 14.7 Å². The van der Waals surface area contributed by atoms with E-state index in [-0.39, 0.29) is 5.91 Å². The number of hydrogen-bond donors (Lipinski definition) is 3. The normalized spacial score (nSPS) is 19.5. The van der Waals surface area contributed by atoms with E-state index in [1.165, 1.54) is 0 Å². The fraction of sp³-hybridized carbons (Fsp3) is 0.556. The predicted molar refractivity (Wildman–Crippen MR) is 97.6 cm³/mol. The maximum atomic E-state index is 13.3. The minimum Gasteiger partial charge on any atom is -0.493 e. The molecular weight excluding hydrogens is 356 g/mol. The molecule has 1 saturated heterocycles. The van der Waals surface area contributed by atoms with Crippen molar-refractivity contribution >= 4 is 24.4 Å². The molecule has 0 unspecified atom stereocenters. The van der Waals surface area contributed by atoms with Gasteiger partial charge in [-0.05, 0) is 31.4 Å². The van der Waals surface area contributed by atoms with E-state index in [1.54, 1.807) is 23.7 Å². The van der Waals surface area contributed by atoms with Crippen LogP contribution in [-0.4, -0.2) is 54.0 Å². The highest BCUT2D eigenvalue weighted by Gasteiger charge is 2.41. The number of amides is 2. The Balaban J connectivity index is 1.84. The quantitative estimate of drug-likeness (QED) is 0.422. The summed E-state index contributed by atoms with van der Waals surface area (Å²) in [5, 5.41) is 8.80. The lowest BCUT2D eigenvalue weighted by molar-refractivity contribution is -0.147. The van der Waals surface area contributed by atoms with Gasteiger partial charge in [0.15, 0.2) is 0 Å². The van der Waals surface area contributed by atoms with Crippen molar-refractivity contribution in [3.63, 3.8) is 0 Å². The van der Waals surface area contributed by atoms with E-state index in [2.05, 4.69) is 12.6 Å². The van der Waals surface area contributed by atoms with Crippen LogP contribution in [0.4, 0.5) is 0 Å². The second kappa shape index (κ2) is 8.28. The zero-order chi connectivity index (χ0) is 18.6. The highest BCUT2D eigenvalue weighted by atomic mass is 32.1. The van der Waals surface area contributed by atoms with Gasteiger partial charge in [-0.2, -0.15) is 12.6 Å². The summed E-state index contributed by atoms with van der Waals surface area (Å²) in [5.41, 5.74) is 2.29. The van der Waals surface area contributed by atoms with Gasteiger partial charge in [-0.3, -0.25) is 14.8 Å². The molecule has 0 spiro atoms. The van der Waals surface area contributed by atoms with Crippen LogP contribution in [0.3, 0.4) is 0 Å². The molecule has 1 fully saturated rings. The highest BCUT2D eigenvalue weighted by Crippen LogP contribution is 2.35. The monoisotopic (exact) mass is 380 g/mol. The van der Waals surface area contributed by atoms with Gasteiger partial charge in [-0.25, -0.2) is 5.48 Å². The van der Waals surface area contributed by atoms with Crippen LogP contribution in [0.2, 0.25) is 0 Å². The van der Waals surface area contributed by atoms with Crippen molar-refractivity contribution in [3.8, 4) is 5.75 Å². The largest absolute Gasteiger partial charge is 0.493 e. The van der Waals surface area contributed by atoms with Crippen molar-refractivity contribution in [3.05, 3.63) is 29.3 Å². The summed E-state index contributed by atoms with van der Waals surface area (Å²) in [6, 6.07) is 4.97. The molecule has 0 bridgehead atoms. The SMILES string of the molecule is O=C(NO)c1ccc2c(c1)OCCCN(C(=O)C1(CS)CCOCC1)C2. The van der Waals surface area contributed by atoms with Crippen molar-refractivity contribution in [1.82, 2.24) is 10.4 Å². The van der Waals surface area contributed by atoms with Crippen molar-refractivity contribution in [2.75, 3.05) is 32.1 Å². The summed E-state index contributed by atoms with van der Waals surface area (Å²) in [6.45, 7) is 2.66. The fourth-order valence-electron chi connectivity index (χ4n) is 3.46. The van der Waals surface area contributed by atoms with Gasteiger partial charge in [0, 0.05) is 43.2 Å². The summed E-state index contributed by atoms with van der Waals surface area (Å²) in [4.78, 5) is 26.8. The second-order valence-electron chi connectivity index (χ2n) is 6.74. The Bertz CT molecular complexity index is 676. The summed E-state index contributed by atoms with van der Waals surface area (Å²) < 4.78 is 11.2. The molecule has 7 nitrogen and oxygen atoms in total. The molecule has 0 saturated carbocycles. The van der Waals surface area contributed by atoms with Gasteiger partial charge in [0.1, 0.15) is 5.75 Å². The second-order valence-corrected chi connectivity index (χ2v) is 7.06. The number of nitrogens with one attached hydrogen (secondary N) is 1. The van der Waals surface area contributed by atoms with E-state index in [9.17, 15) is 9.59 Å². The number of rotatable bonds is 3. The fourth-order valence-corrected chi connectivity index (χ4v) is 3.91. The van der Waals surface area contributed by atoms with Crippen molar-refractivity contribution < 1.29 is 24.3 Å². The molecule has 2 aliphatic rings. The Morgan fingerprint density at radius 2 is 2.04 bits per heavy atom. The topological polar surface area (TPSA) is 88.1 Å². The molecule has 0 aliphatic carbocycles. The van der Waals surface area contributed by atoms with E-state index in [1.807, 2.05) is 4.90 Å². The number of carbonyl (C=O) groups is 2. The molecule has 2 aliphatic heterocycles. The van der Waals surface area contributed by atoms with Crippen LogP contribution in [0, 0.1) is 5.41 Å². The molecule has 8 heteroatoms. The van der Waals surface area contributed by atoms with Gasteiger partial charge in [0.25, 0.3) is 5.91 Å². The Labute approximate surface area is 158 Å². The number of hydrogen-bond acceptors (Lipinski definition) is 6. The molecule has 2 heterocycles. The predicted octanol–water partition coefficient (Wildman–Crippen LogP) is 1.64. The van der Waals surface area contributed by atoms with Crippen molar-refractivity contribution in [2.24, 2.45) is 5.41 Å². The zero-order valence-electron chi connectivity index (χ0n) is 14.6. The van der Waals surface area contributed by atoms with Crippen LogP contribution in [-0.2, 0) is 16.1 Å². The number of nitrogens with zero attached hydrogens (tertiary/aromatic N) is 1. The molecule has 26 heavy (non-hydrogen) atoms. The van der Waals surface area contributed by atoms with Gasteiger partial charge in [0.05, 0.1) is 12.0 Å². The molecule has 0 radical (unpaired) electrons. The summed E-state index contributed by atoms with van der Waals surface area (Å²) in [5.74, 6) is 0.587. The number of carbonyl (C=O) groups excluding carboxylic acids is 2. The molecule has 2 N–H and O–H groups in total. The first-order valence-corrected chi connectivity index (χ1v) is 9.41. The van der Waals surface area contributed by atoms with Gasteiger partial charge in [-0.1, -0.05) is 6.07 Å². The molecule has 1 aromatic carbocycles. The number of hydroxylamine groups is 1. The zero-order valence-corrected chi connectivity index (χ0v) is 15.5.